The Kier molecular flexibility index (Phi) is 8.26. The second-order valence-corrected chi connectivity index (χ2v) is 10.4. The van der Waals surface area contributed by atoms with Gasteiger partial charge in [0.25, 0.3) is 5.56 Å². The first kappa shape index (κ1) is 26.9. The summed E-state index contributed by atoms with van der Waals surface area (Å²) in [7, 11) is 3.08. The van der Waals surface area contributed by atoms with Crippen LogP contribution < -0.4 is 19.8 Å². The SMILES string of the molecule is COc1cc(C=Nn2c(C3CCCCC3)nc3ccc(Br)cc3c2=O)cc(OC)c1OCc1ccc(F)cc1. The summed E-state index contributed by atoms with van der Waals surface area (Å²) < 4.78 is 32.7. The van der Waals surface area contributed by atoms with Crippen LogP contribution in [0, 0.1) is 5.82 Å². The minimum atomic E-state index is -0.308. The molecule has 0 amide bonds. The normalized spacial score (nSPS) is 14.2. The van der Waals surface area contributed by atoms with Gasteiger partial charge in [-0.05, 0) is 60.9 Å². The molecular formula is C30H29BrFN3O4. The lowest BCUT2D eigenvalue weighted by atomic mass is 9.88. The Morgan fingerprint density at radius 3 is 2.38 bits per heavy atom. The molecule has 1 aliphatic rings. The van der Waals surface area contributed by atoms with E-state index in [2.05, 4.69) is 21.0 Å². The van der Waals surface area contributed by atoms with E-state index < -0.39 is 0 Å². The fourth-order valence-electron chi connectivity index (χ4n) is 4.88. The number of methoxy groups -OCH3 is 2. The van der Waals surface area contributed by atoms with Crippen molar-refractivity contribution < 1.29 is 18.6 Å². The summed E-state index contributed by atoms with van der Waals surface area (Å²) >= 11 is 3.46. The summed E-state index contributed by atoms with van der Waals surface area (Å²) in [4.78, 5) is 18.5. The van der Waals surface area contributed by atoms with Crippen molar-refractivity contribution in [2.75, 3.05) is 14.2 Å². The Morgan fingerprint density at radius 2 is 1.72 bits per heavy atom. The third-order valence-electron chi connectivity index (χ3n) is 6.91. The molecule has 3 aromatic carbocycles. The number of hydrogen-bond donors (Lipinski definition) is 0. The average molecular weight is 594 g/mol. The van der Waals surface area contributed by atoms with Gasteiger partial charge in [0, 0.05) is 16.0 Å². The molecule has 1 aliphatic carbocycles. The van der Waals surface area contributed by atoms with E-state index in [9.17, 15) is 9.18 Å². The molecule has 202 valence electrons. The van der Waals surface area contributed by atoms with Crippen LogP contribution in [0.25, 0.3) is 10.9 Å². The lowest BCUT2D eigenvalue weighted by Crippen LogP contribution is -2.25. The molecule has 1 heterocycles. The van der Waals surface area contributed by atoms with Gasteiger partial charge in [-0.25, -0.2) is 9.37 Å². The Balaban J connectivity index is 1.51. The fourth-order valence-corrected chi connectivity index (χ4v) is 5.24. The van der Waals surface area contributed by atoms with Gasteiger partial charge >= 0.3 is 0 Å². The number of ether oxygens (including phenoxy) is 3. The van der Waals surface area contributed by atoms with Crippen molar-refractivity contribution in [3.8, 4) is 17.2 Å². The molecule has 4 aromatic rings. The highest BCUT2D eigenvalue weighted by Crippen LogP contribution is 2.39. The summed E-state index contributed by atoms with van der Waals surface area (Å²) in [6.45, 7) is 0.207. The topological polar surface area (TPSA) is 74.9 Å². The van der Waals surface area contributed by atoms with E-state index in [0.29, 0.717) is 39.5 Å². The van der Waals surface area contributed by atoms with E-state index in [-0.39, 0.29) is 23.9 Å². The van der Waals surface area contributed by atoms with Gasteiger partial charge in [0.05, 0.1) is 31.3 Å². The molecule has 0 aliphatic heterocycles. The standard InChI is InChI=1S/C30H29BrFN3O4/c1-37-26-14-20(15-27(38-2)28(26)39-18-19-8-11-23(32)12-9-19)17-33-35-29(21-6-4-3-5-7-21)34-25-13-10-22(31)16-24(25)30(35)36/h8-17,21H,3-7,18H2,1-2H3. The predicted octanol–water partition coefficient (Wildman–Crippen LogP) is 6.82. The Hall–Kier alpha value is -3.72. The maximum atomic E-state index is 13.6. The van der Waals surface area contributed by atoms with Crippen LogP contribution in [0.2, 0.25) is 0 Å². The molecule has 0 saturated heterocycles. The molecular weight excluding hydrogens is 565 g/mol. The van der Waals surface area contributed by atoms with Crippen molar-refractivity contribution in [1.82, 2.24) is 9.66 Å². The number of nitrogens with zero attached hydrogens (tertiary/aromatic N) is 3. The number of aromatic nitrogens is 2. The summed E-state index contributed by atoms with van der Waals surface area (Å²) in [6, 6.07) is 15.2. The zero-order valence-corrected chi connectivity index (χ0v) is 23.4. The molecule has 1 aromatic heterocycles. The first-order chi connectivity index (χ1) is 19.0. The molecule has 0 spiro atoms. The smallest absolute Gasteiger partial charge is 0.282 e. The summed E-state index contributed by atoms with van der Waals surface area (Å²) in [5.74, 6) is 1.85. The van der Waals surface area contributed by atoms with Crippen LogP contribution in [0.1, 0.15) is 55.0 Å². The highest BCUT2D eigenvalue weighted by atomic mass is 79.9. The summed E-state index contributed by atoms with van der Waals surface area (Å²) in [5.41, 5.74) is 1.92. The second-order valence-electron chi connectivity index (χ2n) is 9.50. The van der Waals surface area contributed by atoms with E-state index in [1.165, 1.54) is 37.4 Å². The van der Waals surface area contributed by atoms with Crippen molar-refractivity contribution >= 4 is 33.0 Å². The van der Waals surface area contributed by atoms with Crippen LogP contribution in [0.3, 0.4) is 0 Å². The zero-order valence-electron chi connectivity index (χ0n) is 21.8. The molecule has 39 heavy (non-hydrogen) atoms. The Labute approximate surface area is 234 Å². The minimum Gasteiger partial charge on any atom is -0.493 e. The monoisotopic (exact) mass is 593 g/mol. The maximum Gasteiger partial charge on any atom is 0.282 e. The van der Waals surface area contributed by atoms with Crippen LogP contribution in [0.4, 0.5) is 4.39 Å². The molecule has 7 nitrogen and oxygen atoms in total. The van der Waals surface area contributed by atoms with E-state index in [4.69, 9.17) is 19.2 Å². The summed E-state index contributed by atoms with van der Waals surface area (Å²) in [6.07, 6.45) is 6.97. The number of halogens is 2. The molecule has 5 rings (SSSR count). The largest absolute Gasteiger partial charge is 0.493 e. The highest BCUT2D eigenvalue weighted by molar-refractivity contribution is 9.10. The maximum absolute atomic E-state index is 13.6. The molecule has 1 fully saturated rings. The molecule has 0 radical (unpaired) electrons. The minimum absolute atomic E-state index is 0.169. The van der Waals surface area contributed by atoms with Gasteiger partial charge in [-0.15, -0.1) is 0 Å². The van der Waals surface area contributed by atoms with Gasteiger partial charge in [0.2, 0.25) is 5.75 Å². The van der Waals surface area contributed by atoms with E-state index >= 15 is 0 Å². The molecule has 0 N–H and O–H groups in total. The van der Waals surface area contributed by atoms with Gasteiger partial charge < -0.3 is 14.2 Å². The van der Waals surface area contributed by atoms with Crippen molar-refractivity contribution in [2.45, 2.75) is 44.6 Å². The van der Waals surface area contributed by atoms with Crippen LogP contribution >= 0.6 is 15.9 Å². The quantitative estimate of drug-likeness (QED) is 0.209. The van der Waals surface area contributed by atoms with Crippen molar-refractivity contribution in [3.63, 3.8) is 0 Å². The lowest BCUT2D eigenvalue weighted by Gasteiger charge is -2.22. The molecule has 1 saturated carbocycles. The predicted molar refractivity (Wildman–Crippen MR) is 153 cm³/mol. The molecule has 9 heteroatoms. The van der Waals surface area contributed by atoms with Crippen molar-refractivity contribution in [2.24, 2.45) is 5.10 Å². The van der Waals surface area contributed by atoms with Crippen LogP contribution in [-0.2, 0) is 6.61 Å². The second kappa shape index (κ2) is 12.0. The number of fused-ring (bicyclic) bond motifs is 1. The molecule has 0 atom stereocenters. The van der Waals surface area contributed by atoms with Crippen LogP contribution in [-0.4, -0.2) is 30.1 Å². The van der Waals surface area contributed by atoms with E-state index in [1.807, 2.05) is 12.1 Å². The van der Waals surface area contributed by atoms with E-state index in [0.717, 1.165) is 35.7 Å². The first-order valence-corrected chi connectivity index (χ1v) is 13.7. The Bertz CT molecular complexity index is 1540. The Morgan fingerprint density at radius 1 is 1.03 bits per heavy atom. The van der Waals surface area contributed by atoms with Gasteiger partial charge in [-0.1, -0.05) is 47.3 Å². The van der Waals surface area contributed by atoms with Gasteiger partial charge in [0.15, 0.2) is 11.5 Å². The van der Waals surface area contributed by atoms with Gasteiger partial charge in [-0.3, -0.25) is 4.79 Å². The van der Waals surface area contributed by atoms with Crippen molar-refractivity contribution in [3.05, 3.63) is 92.2 Å². The fraction of sp³-hybridized carbons (Fsp3) is 0.300. The van der Waals surface area contributed by atoms with Crippen LogP contribution in [0.5, 0.6) is 17.2 Å². The number of hydrogen-bond acceptors (Lipinski definition) is 6. The third-order valence-corrected chi connectivity index (χ3v) is 7.40. The zero-order chi connectivity index (χ0) is 27.4. The average Bonchev–Trinajstić information content (AvgIpc) is 2.96. The highest BCUT2D eigenvalue weighted by Gasteiger charge is 2.23. The third kappa shape index (κ3) is 5.98. The molecule has 0 bridgehead atoms. The van der Waals surface area contributed by atoms with Gasteiger partial charge in [0.1, 0.15) is 18.2 Å². The van der Waals surface area contributed by atoms with E-state index in [1.54, 1.807) is 36.5 Å². The first-order valence-electron chi connectivity index (χ1n) is 12.9. The summed E-state index contributed by atoms with van der Waals surface area (Å²) in [5, 5.41) is 5.13. The van der Waals surface area contributed by atoms with Gasteiger partial charge in [-0.2, -0.15) is 9.78 Å². The van der Waals surface area contributed by atoms with Crippen molar-refractivity contribution in [1.29, 1.82) is 0 Å². The van der Waals surface area contributed by atoms with Crippen LogP contribution in [0.15, 0.2) is 69.0 Å². The lowest BCUT2D eigenvalue weighted by molar-refractivity contribution is 0.266. The molecule has 0 unspecified atom stereocenters. The number of rotatable bonds is 8. The number of benzene rings is 3.